The fourth-order valence-electron chi connectivity index (χ4n) is 4.02. The van der Waals surface area contributed by atoms with Gasteiger partial charge in [0.1, 0.15) is 6.61 Å². The van der Waals surface area contributed by atoms with Crippen molar-refractivity contribution in [2.24, 2.45) is 5.10 Å². The molecule has 39 heavy (non-hydrogen) atoms. The molecule has 4 aromatic carbocycles. The molecule has 0 atom stereocenters. The van der Waals surface area contributed by atoms with Crippen molar-refractivity contribution < 1.29 is 9.66 Å². The van der Waals surface area contributed by atoms with Gasteiger partial charge in [-0.2, -0.15) is 15.0 Å². The SMILES string of the molecule is N#Cc1ccccc1COc1c(C=Nn2c(-c3ccccc3)nc3ccccc3c2=O)cc(Cl)cc1[N+](=O)[O-]. The lowest BCUT2D eigenvalue weighted by Crippen LogP contribution is -2.20. The van der Waals surface area contributed by atoms with Crippen molar-refractivity contribution >= 4 is 34.4 Å². The third kappa shape index (κ3) is 5.23. The normalized spacial score (nSPS) is 11.0. The number of nitrogens with zero attached hydrogens (tertiary/aromatic N) is 5. The predicted molar refractivity (Wildman–Crippen MR) is 148 cm³/mol. The van der Waals surface area contributed by atoms with Crippen molar-refractivity contribution in [1.82, 2.24) is 9.66 Å². The zero-order chi connectivity index (χ0) is 27.4. The number of nitro benzene ring substituents is 1. The number of aromatic nitrogens is 2. The Bertz CT molecular complexity index is 1850. The Morgan fingerprint density at radius 2 is 1.77 bits per heavy atom. The molecule has 0 saturated carbocycles. The number of benzene rings is 4. The number of nitro groups is 1. The highest BCUT2D eigenvalue weighted by atomic mass is 35.5. The van der Waals surface area contributed by atoms with E-state index in [1.165, 1.54) is 18.3 Å². The van der Waals surface area contributed by atoms with Crippen LogP contribution < -0.4 is 10.3 Å². The van der Waals surface area contributed by atoms with Gasteiger partial charge in [0.2, 0.25) is 5.75 Å². The van der Waals surface area contributed by atoms with E-state index in [-0.39, 0.29) is 34.5 Å². The number of ether oxygens (including phenoxy) is 1. The highest BCUT2D eigenvalue weighted by molar-refractivity contribution is 6.31. The molecule has 190 valence electrons. The molecule has 0 aliphatic rings. The van der Waals surface area contributed by atoms with Crippen molar-refractivity contribution in [3.05, 3.63) is 133 Å². The maximum atomic E-state index is 13.5. The van der Waals surface area contributed by atoms with E-state index in [0.29, 0.717) is 27.6 Å². The molecule has 1 aromatic heterocycles. The molecule has 9 nitrogen and oxygen atoms in total. The molecule has 0 unspecified atom stereocenters. The van der Waals surface area contributed by atoms with E-state index in [1.807, 2.05) is 18.2 Å². The smallest absolute Gasteiger partial charge is 0.313 e. The maximum absolute atomic E-state index is 13.5. The zero-order valence-electron chi connectivity index (χ0n) is 20.2. The van der Waals surface area contributed by atoms with Crippen LogP contribution in [0, 0.1) is 21.4 Å². The molecule has 0 saturated heterocycles. The van der Waals surface area contributed by atoms with E-state index in [1.54, 1.807) is 60.7 Å². The highest BCUT2D eigenvalue weighted by Gasteiger charge is 2.21. The van der Waals surface area contributed by atoms with Gasteiger partial charge < -0.3 is 4.74 Å². The monoisotopic (exact) mass is 535 g/mol. The first kappa shape index (κ1) is 25.3. The minimum atomic E-state index is -0.617. The summed E-state index contributed by atoms with van der Waals surface area (Å²) in [6, 6.07) is 27.4. The number of rotatable bonds is 7. The number of para-hydroxylation sites is 1. The summed E-state index contributed by atoms with van der Waals surface area (Å²) < 4.78 is 7.01. The second-order valence-electron chi connectivity index (χ2n) is 8.34. The van der Waals surface area contributed by atoms with E-state index in [2.05, 4.69) is 16.2 Å². The summed E-state index contributed by atoms with van der Waals surface area (Å²) in [5, 5.41) is 26.1. The Morgan fingerprint density at radius 3 is 2.54 bits per heavy atom. The van der Waals surface area contributed by atoms with Gasteiger partial charge in [0.15, 0.2) is 5.82 Å². The average Bonchev–Trinajstić information content (AvgIpc) is 2.96. The summed E-state index contributed by atoms with van der Waals surface area (Å²) in [6.45, 7) is -0.111. The van der Waals surface area contributed by atoms with Gasteiger partial charge in [-0.1, -0.05) is 72.3 Å². The second-order valence-corrected chi connectivity index (χ2v) is 8.77. The quantitative estimate of drug-likeness (QED) is 0.144. The summed E-state index contributed by atoms with van der Waals surface area (Å²) in [6.07, 6.45) is 1.27. The first-order chi connectivity index (χ1) is 19.0. The van der Waals surface area contributed by atoms with Gasteiger partial charge in [-0.3, -0.25) is 14.9 Å². The van der Waals surface area contributed by atoms with Crippen LogP contribution in [0.15, 0.2) is 101 Å². The molecule has 0 spiro atoms. The summed E-state index contributed by atoms with van der Waals surface area (Å²) in [5.74, 6) is 0.182. The summed E-state index contributed by atoms with van der Waals surface area (Å²) in [5.41, 5.74) is 1.45. The fraction of sp³-hybridized carbons (Fsp3) is 0.0345. The van der Waals surface area contributed by atoms with Gasteiger partial charge in [-0.25, -0.2) is 4.98 Å². The van der Waals surface area contributed by atoms with Crippen LogP contribution >= 0.6 is 11.6 Å². The van der Waals surface area contributed by atoms with Crippen molar-refractivity contribution in [3.63, 3.8) is 0 Å². The Balaban J connectivity index is 1.64. The van der Waals surface area contributed by atoms with Crippen LogP contribution in [0.25, 0.3) is 22.3 Å². The molecule has 0 fully saturated rings. The highest BCUT2D eigenvalue weighted by Crippen LogP contribution is 2.34. The van der Waals surface area contributed by atoms with E-state index in [9.17, 15) is 20.2 Å². The molecule has 0 bridgehead atoms. The Labute approximate surface area is 227 Å². The van der Waals surface area contributed by atoms with Crippen LogP contribution in [0.2, 0.25) is 5.02 Å². The predicted octanol–water partition coefficient (Wildman–Crippen LogP) is 5.96. The van der Waals surface area contributed by atoms with E-state index in [0.717, 1.165) is 4.68 Å². The van der Waals surface area contributed by atoms with Crippen LogP contribution in [0.5, 0.6) is 5.75 Å². The number of halogens is 1. The number of hydrogen-bond acceptors (Lipinski definition) is 7. The van der Waals surface area contributed by atoms with Gasteiger partial charge >= 0.3 is 5.69 Å². The van der Waals surface area contributed by atoms with Crippen molar-refractivity contribution in [2.75, 3.05) is 0 Å². The Hall–Kier alpha value is -5.33. The molecule has 10 heteroatoms. The lowest BCUT2D eigenvalue weighted by molar-refractivity contribution is -0.385. The molecule has 0 aliphatic carbocycles. The largest absolute Gasteiger partial charge is 0.481 e. The van der Waals surface area contributed by atoms with Crippen LogP contribution in [-0.4, -0.2) is 20.8 Å². The molecule has 1 heterocycles. The topological polar surface area (TPSA) is 123 Å². The average molecular weight is 536 g/mol. The molecule has 5 rings (SSSR count). The maximum Gasteiger partial charge on any atom is 0.313 e. The second kappa shape index (κ2) is 11.0. The zero-order valence-corrected chi connectivity index (χ0v) is 20.9. The summed E-state index contributed by atoms with van der Waals surface area (Å²) in [7, 11) is 0. The van der Waals surface area contributed by atoms with Crippen LogP contribution in [0.3, 0.4) is 0 Å². The lowest BCUT2D eigenvalue weighted by atomic mass is 10.1. The Kier molecular flexibility index (Phi) is 7.12. The van der Waals surface area contributed by atoms with E-state index in [4.69, 9.17) is 16.3 Å². The summed E-state index contributed by atoms with van der Waals surface area (Å²) in [4.78, 5) is 29.4. The van der Waals surface area contributed by atoms with Crippen molar-refractivity contribution in [1.29, 1.82) is 5.26 Å². The van der Waals surface area contributed by atoms with Crippen LogP contribution in [0.4, 0.5) is 5.69 Å². The van der Waals surface area contributed by atoms with Crippen molar-refractivity contribution in [2.45, 2.75) is 6.61 Å². The Morgan fingerprint density at radius 1 is 1.05 bits per heavy atom. The van der Waals surface area contributed by atoms with Gasteiger partial charge in [-0.15, -0.1) is 0 Å². The minimum absolute atomic E-state index is 0.0835. The van der Waals surface area contributed by atoms with Gasteiger partial charge in [-0.05, 0) is 24.3 Å². The molecule has 0 aliphatic heterocycles. The minimum Gasteiger partial charge on any atom is -0.481 e. The first-order valence-corrected chi connectivity index (χ1v) is 12.0. The fourth-order valence-corrected chi connectivity index (χ4v) is 4.24. The molecule has 0 amide bonds. The van der Waals surface area contributed by atoms with Gasteiger partial charge in [0, 0.05) is 27.8 Å². The van der Waals surface area contributed by atoms with Gasteiger partial charge in [0.05, 0.1) is 33.7 Å². The van der Waals surface area contributed by atoms with E-state index < -0.39 is 10.5 Å². The van der Waals surface area contributed by atoms with E-state index >= 15 is 0 Å². The number of hydrogen-bond donors (Lipinski definition) is 0. The molecule has 0 radical (unpaired) electrons. The third-order valence-electron chi connectivity index (χ3n) is 5.87. The lowest BCUT2D eigenvalue weighted by Gasteiger charge is -2.12. The number of nitriles is 1. The molecular formula is C29H18ClN5O4. The molecule has 0 N–H and O–H groups in total. The van der Waals surface area contributed by atoms with Gasteiger partial charge in [0.25, 0.3) is 5.56 Å². The van der Waals surface area contributed by atoms with Crippen molar-refractivity contribution in [3.8, 4) is 23.2 Å². The molecular weight excluding hydrogens is 518 g/mol. The molecule has 5 aromatic rings. The first-order valence-electron chi connectivity index (χ1n) is 11.7. The third-order valence-corrected chi connectivity index (χ3v) is 6.09. The van der Waals surface area contributed by atoms with Crippen LogP contribution in [-0.2, 0) is 6.61 Å². The summed E-state index contributed by atoms with van der Waals surface area (Å²) >= 11 is 6.20. The van der Waals surface area contributed by atoms with Crippen LogP contribution in [0.1, 0.15) is 16.7 Å². The standard InChI is InChI=1S/C29H18ClN5O4/c30-23-14-22(27(26(15-23)35(37)38)39-18-21-11-5-4-10-20(21)16-31)17-32-34-28(19-8-2-1-3-9-19)33-25-13-7-6-12-24(25)29(34)36/h1-15,17H,18H2. The number of fused-ring (bicyclic) bond motifs is 1.